The van der Waals surface area contributed by atoms with Gasteiger partial charge in [-0.15, -0.1) is 0 Å². The maximum Gasteiger partial charge on any atom is 0.264 e. The average molecular weight is 724 g/mol. The van der Waals surface area contributed by atoms with Crippen LogP contribution in [0.15, 0.2) is 48.6 Å². The van der Waals surface area contributed by atoms with E-state index in [-0.39, 0.29) is 35.0 Å². The van der Waals surface area contributed by atoms with Crippen molar-refractivity contribution in [3.05, 3.63) is 70.3 Å². The number of halogens is 1. The van der Waals surface area contributed by atoms with E-state index in [1.165, 1.54) is 11.1 Å². The Bertz CT molecular complexity index is 1790. The molecule has 270 valence electrons. The summed E-state index contributed by atoms with van der Waals surface area (Å²) < 4.78 is 49.1. The van der Waals surface area contributed by atoms with Crippen molar-refractivity contribution in [2.45, 2.75) is 75.4 Å². The third kappa shape index (κ3) is 5.87. The van der Waals surface area contributed by atoms with Crippen molar-refractivity contribution in [2.24, 2.45) is 29.1 Å². The second-order valence-electron chi connectivity index (χ2n) is 16.4. The molecule has 50 heavy (non-hydrogen) atoms. The van der Waals surface area contributed by atoms with E-state index in [0.717, 1.165) is 61.7 Å². The summed E-state index contributed by atoms with van der Waals surface area (Å²) in [6.45, 7) is 6.89. The Kier molecular flexibility index (Phi) is 8.82. The largest absolute Gasteiger partial charge is 0.490 e. The van der Waals surface area contributed by atoms with Gasteiger partial charge in [0.1, 0.15) is 5.75 Å². The molecule has 3 heterocycles. The van der Waals surface area contributed by atoms with Crippen LogP contribution in [-0.4, -0.2) is 83.8 Å². The summed E-state index contributed by atoms with van der Waals surface area (Å²) in [6, 6.07) is 11.9. The van der Waals surface area contributed by atoms with Crippen molar-refractivity contribution in [2.75, 3.05) is 51.9 Å². The zero-order valence-electron chi connectivity index (χ0n) is 29.6. The zero-order chi connectivity index (χ0) is 35.0. The first kappa shape index (κ1) is 34.5. The van der Waals surface area contributed by atoms with Crippen molar-refractivity contribution < 1.29 is 27.4 Å². The molecule has 1 unspecified atom stereocenters. The Morgan fingerprint density at radius 2 is 1.82 bits per heavy atom. The van der Waals surface area contributed by atoms with Crippen molar-refractivity contribution in [1.82, 2.24) is 9.62 Å². The van der Waals surface area contributed by atoms with E-state index in [0.29, 0.717) is 43.6 Å². The number of carbonyl (C=O) groups excluding carboxylic acids is 1. The highest BCUT2D eigenvalue weighted by atomic mass is 35.5. The Labute approximate surface area is 301 Å². The number of hydrogen-bond acceptors (Lipinski definition) is 8. The van der Waals surface area contributed by atoms with Crippen LogP contribution >= 0.6 is 11.6 Å². The number of benzene rings is 2. The molecule has 4 aliphatic carbocycles. The molecule has 3 aliphatic heterocycles. The van der Waals surface area contributed by atoms with Gasteiger partial charge in [0, 0.05) is 35.0 Å². The van der Waals surface area contributed by atoms with Crippen LogP contribution in [0.2, 0.25) is 5.02 Å². The van der Waals surface area contributed by atoms with Crippen LogP contribution in [0.1, 0.15) is 67.4 Å². The van der Waals surface area contributed by atoms with E-state index in [1.54, 1.807) is 13.0 Å². The van der Waals surface area contributed by atoms with Gasteiger partial charge in [0.05, 0.1) is 36.8 Å². The Morgan fingerprint density at radius 1 is 1.04 bits per heavy atom. The lowest BCUT2D eigenvalue weighted by Gasteiger charge is -2.72. The number of sulfonamides is 1. The zero-order valence-corrected chi connectivity index (χ0v) is 31.1. The molecule has 1 amide bonds. The number of nitrogens with one attached hydrogen (secondary N) is 1. The third-order valence-corrected chi connectivity index (χ3v) is 15.3. The summed E-state index contributed by atoms with van der Waals surface area (Å²) in [5.41, 5.74) is 3.52. The minimum absolute atomic E-state index is 0.0536. The SMILES string of the molecule is CC1[C@@H](C)C/C=C/[C@@H](C2OCC(N(C)C)CO2)[C@@H]2C3CC2(C3)CN2C[C@@]3(CCCc4cc(Cl)ccc43)COc3ccc(cc32)C(=O)NS1(=O)=O. The van der Waals surface area contributed by atoms with Gasteiger partial charge in [-0.3, -0.25) is 4.79 Å². The standard InChI is InChI=1S/C39H50ClN3O6S/c1-24-7-5-9-31(37-47-19-30(20-48-37)42(3)4)35-28-17-39(35,18-28)22-43-21-38(14-6-8-26-15-29(40)11-12-32(26)38)23-49-34-13-10-27(16-33(34)43)36(44)41-50(45,46)25(24)2/h5,9-13,15-16,24-25,28,30-31,35,37H,6-8,14,17-23H2,1-4H3,(H,41,44)/b9-5+/t24-,25?,28?,30?,31+,35-,37?,38-,39?/m0/s1. The summed E-state index contributed by atoms with van der Waals surface area (Å²) in [5.74, 6) is 0.914. The quantitative estimate of drug-likeness (QED) is 0.389. The van der Waals surface area contributed by atoms with Gasteiger partial charge in [-0.25, -0.2) is 13.1 Å². The molecular weight excluding hydrogens is 674 g/mol. The van der Waals surface area contributed by atoms with Crippen molar-refractivity contribution in [3.63, 3.8) is 0 Å². The van der Waals surface area contributed by atoms with E-state index in [4.69, 9.17) is 25.8 Å². The fourth-order valence-electron chi connectivity index (χ4n) is 9.90. The first-order chi connectivity index (χ1) is 23.9. The number of ether oxygens (including phenoxy) is 3. The second-order valence-corrected chi connectivity index (χ2v) is 18.8. The molecule has 3 saturated carbocycles. The number of rotatable bonds is 2. The predicted molar refractivity (Wildman–Crippen MR) is 194 cm³/mol. The molecule has 9 rings (SSSR count). The first-order valence-corrected chi connectivity index (χ1v) is 20.2. The van der Waals surface area contributed by atoms with Gasteiger partial charge in [-0.1, -0.05) is 36.7 Å². The summed E-state index contributed by atoms with van der Waals surface area (Å²) in [5, 5.41) is -0.0212. The molecule has 7 aliphatic rings. The van der Waals surface area contributed by atoms with Crippen LogP contribution in [0.5, 0.6) is 5.75 Å². The lowest BCUT2D eigenvalue weighted by Crippen LogP contribution is -2.69. The maximum absolute atomic E-state index is 13.6. The molecule has 5 atom stereocenters. The maximum atomic E-state index is 13.6. The van der Waals surface area contributed by atoms with Crippen molar-refractivity contribution in [1.29, 1.82) is 0 Å². The molecule has 9 nitrogen and oxygen atoms in total. The molecule has 4 fully saturated rings. The molecule has 2 spiro atoms. The van der Waals surface area contributed by atoms with Crippen molar-refractivity contribution in [3.8, 4) is 5.75 Å². The lowest BCUT2D eigenvalue weighted by atomic mass is 9.34. The van der Waals surface area contributed by atoms with Crippen LogP contribution < -0.4 is 14.4 Å². The van der Waals surface area contributed by atoms with Gasteiger partial charge in [0.2, 0.25) is 10.0 Å². The second kappa shape index (κ2) is 12.8. The Hall–Kier alpha value is -2.63. The van der Waals surface area contributed by atoms with Crippen molar-refractivity contribution >= 4 is 33.2 Å². The minimum atomic E-state index is -3.94. The topological polar surface area (TPSA) is 97.4 Å². The van der Waals surface area contributed by atoms with Crippen LogP contribution in [-0.2, 0) is 31.3 Å². The number of nitrogens with zero attached hydrogens (tertiary/aromatic N) is 2. The number of hydrogen-bond donors (Lipinski definition) is 1. The monoisotopic (exact) mass is 723 g/mol. The molecule has 11 heteroatoms. The Balaban J connectivity index is 1.20. The lowest BCUT2D eigenvalue weighted by molar-refractivity contribution is -0.278. The van der Waals surface area contributed by atoms with Crippen LogP contribution in [0, 0.1) is 29.1 Å². The van der Waals surface area contributed by atoms with Gasteiger partial charge < -0.3 is 24.0 Å². The van der Waals surface area contributed by atoms with Gasteiger partial charge in [-0.05, 0) is 124 Å². The third-order valence-electron chi connectivity index (χ3n) is 13.1. The molecule has 4 bridgehead atoms. The molecular formula is C39H50ClN3O6S. The van der Waals surface area contributed by atoms with E-state index in [2.05, 4.69) is 52.9 Å². The normalized spacial score (nSPS) is 38.4. The number of likely N-dealkylation sites (N-methyl/N-ethyl adjacent to an activating group) is 1. The summed E-state index contributed by atoms with van der Waals surface area (Å²) in [6.07, 6.45) is 9.90. The number of aryl methyl sites for hydroxylation is 1. The number of amides is 1. The van der Waals surface area contributed by atoms with E-state index < -0.39 is 21.2 Å². The number of allylic oxidation sites excluding steroid dienone is 1. The van der Waals surface area contributed by atoms with E-state index >= 15 is 0 Å². The summed E-state index contributed by atoms with van der Waals surface area (Å²) in [4.78, 5) is 18.2. The summed E-state index contributed by atoms with van der Waals surface area (Å²) >= 11 is 6.49. The average Bonchev–Trinajstić information content (AvgIpc) is 3.21. The molecule has 2 aromatic carbocycles. The van der Waals surface area contributed by atoms with Crippen LogP contribution in [0.4, 0.5) is 5.69 Å². The summed E-state index contributed by atoms with van der Waals surface area (Å²) in [7, 11) is 0.170. The number of fused-ring (bicyclic) bond motifs is 3. The highest BCUT2D eigenvalue weighted by Gasteiger charge is 2.68. The van der Waals surface area contributed by atoms with Crippen LogP contribution in [0.25, 0.3) is 0 Å². The number of anilines is 1. The molecule has 1 N–H and O–H groups in total. The van der Waals surface area contributed by atoms with Crippen LogP contribution in [0.3, 0.4) is 0 Å². The van der Waals surface area contributed by atoms with E-state index in [1.807, 2.05) is 25.1 Å². The first-order valence-electron chi connectivity index (χ1n) is 18.3. The van der Waals surface area contributed by atoms with Gasteiger partial charge in [-0.2, -0.15) is 0 Å². The van der Waals surface area contributed by atoms with Gasteiger partial charge >= 0.3 is 0 Å². The highest BCUT2D eigenvalue weighted by molar-refractivity contribution is 7.90. The highest BCUT2D eigenvalue weighted by Crippen LogP contribution is 2.72. The predicted octanol–water partition coefficient (Wildman–Crippen LogP) is 5.80. The molecule has 2 aromatic rings. The fourth-order valence-corrected chi connectivity index (χ4v) is 11.4. The fraction of sp³-hybridized carbons (Fsp3) is 0.615. The smallest absolute Gasteiger partial charge is 0.264 e. The Morgan fingerprint density at radius 3 is 2.54 bits per heavy atom. The van der Waals surface area contributed by atoms with E-state index in [9.17, 15) is 13.2 Å². The molecule has 0 radical (unpaired) electrons. The van der Waals surface area contributed by atoms with Gasteiger partial charge in [0.15, 0.2) is 6.29 Å². The van der Waals surface area contributed by atoms with Gasteiger partial charge in [0.25, 0.3) is 5.91 Å². The molecule has 1 saturated heterocycles. The number of carbonyl (C=O) groups is 1. The molecule has 0 aromatic heterocycles. The minimum Gasteiger partial charge on any atom is -0.490 e.